The Balaban J connectivity index is 2.29. The Morgan fingerprint density at radius 3 is 2.71 bits per heavy atom. The Hall–Kier alpha value is -0.550. The van der Waals surface area contributed by atoms with E-state index in [1.807, 2.05) is 11.8 Å². The summed E-state index contributed by atoms with van der Waals surface area (Å²) in [5, 5.41) is 0. The predicted molar refractivity (Wildman–Crippen MR) is 72.1 cm³/mol. The van der Waals surface area contributed by atoms with Crippen molar-refractivity contribution in [3.05, 3.63) is 33.5 Å². The van der Waals surface area contributed by atoms with Gasteiger partial charge in [-0.05, 0) is 24.6 Å². The van der Waals surface area contributed by atoms with E-state index >= 15 is 0 Å². The zero-order valence-corrected chi connectivity index (χ0v) is 11.9. The van der Waals surface area contributed by atoms with Crippen LogP contribution >= 0.6 is 27.7 Å². The average molecular weight is 318 g/mol. The van der Waals surface area contributed by atoms with E-state index in [1.54, 1.807) is 24.0 Å². The molecule has 0 unspecified atom stereocenters. The number of amides is 1. The molecule has 17 heavy (non-hydrogen) atoms. The number of halogens is 2. The fourth-order valence-electron chi connectivity index (χ4n) is 1.82. The number of aryl methyl sites for hydroxylation is 1. The predicted octanol–water partition coefficient (Wildman–Crippen LogP) is 3.09. The monoisotopic (exact) mass is 317 g/mol. The minimum absolute atomic E-state index is 0.170. The molecule has 1 fully saturated rings. The lowest BCUT2D eigenvalue weighted by Gasteiger charge is -2.26. The molecular formula is C12H13BrFNOS. The molecule has 92 valence electrons. The number of hydrogen-bond donors (Lipinski definition) is 0. The van der Waals surface area contributed by atoms with Gasteiger partial charge in [-0.25, -0.2) is 4.39 Å². The first-order valence-electron chi connectivity index (χ1n) is 5.42. The number of nitrogens with zero attached hydrogens (tertiary/aromatic N) is 1. The number of carbonyl (C=O) groups is 1. The summed E-state index contributed by atoms with van der Waals surface area (Å²) in [7, 11) is 0. The maximum absolute atomic E-state index is 13.9. The molecule has 1 saturated heterocycles. The van der Waals surface area contributed by atoms with Crippen LogP contribution in [-0.2, 0) is 0 Å². The van der Waals surface area contributed by atoms with E-state index in [0.717, 1.165) is 16.0 Å². The van der Waals surface area contributed by atoms with Crippen molar-refractivity contribution in [2.45, 2.75) is 6.92 Å². The highest BCUT2D eigenvalue weighted by atomic mass is 79.9. The van der Waals surface area contributed by atoms with Gasteiger partial charge in [0.25, 0.3) is 5.91 Å². The van der Waals surface area contributed by atoms with E-state index in [2.05, 4.69) is 15.9 Å². The van der Waals surface area contributed by atoms with Crippen LogP contribution < -0.4 is 0 Å². The molecule has 2 nitrogen and oxygen atoms in total. The molecule has 0 aromatic heterocycles. The van der Waals surface area contributed by atoms with Crippen molar-refractivity contribution in [3.63, 3.8) is 0 Å². The second-order valence-electron chi connectivity index (χ2n) is 3.99. The topological polar surface area (TPSA) is 20.3 Å². The molecule has 0 aliphatic carbocycles. The molecular weight excluding hydrogens is 305 g/mol. The summed E-state index contributed by atoms with van der Waals surface area (Å²) in [5.74, 6) is 1.25. The summed E-state index contributed by atoms with van der Waals surface area (Å²) in [6, 6.07) is 3.24. The number of carbonyl (C=O) groups excluding carboxylic acids is 1. The summed E-state index contributed by atoms with van der Waals surface area (Å²) >= 11 is 5.12. The van der Waals surface area contributed by atoms with E-state index in [1.165, 1.54) is 0 Å². The minimum Gasteiger partial charge on any atom is -0.337 e. The summed E-state index contributed by atoms with van der Waals surface area (Å²) in [6.45, 7) is 3.08. The molecule has 0 bridgehead atoms. The van der Waals surface area contributed by atoms with Crippen LogP contribution in [0, 0.1) is 12.7 Å². The van der Waals surface area contributed by atoms with Crippen LogP contribution in [0.3, 0.4) is 0 Å². The van der Waals surface area contributed by atoms with Gasteiger partial charge in [0, 0.05) is 29.1 Å². The van der Waals surface area contributed by atoms with Crippen LogP contribution in [0.2, 0.25) is 0 Å². The summed E-state index contributed by atoms with van der Waals surface area (Å²) in [5.41, 5.74) is 0.665. The highest BCUT2D eigenvalue weighted by Crippen LogP contribution is 2.22. The molecule has 1 aromatic carbocycles. The third-order valence-corrected chi connectivity index (χ3v) is 4.15. The molecule has 1 aliphatic rings. The second kappa shape index (κ2) is 5.40. The van der Waals surface area contributed by atoms with E-state index in [-0.39, 0.29) is 11.5 Å². The van der Waals surface area contributed by atoms with Gasteiger partial charge >= 0.3 is 0 Å². The standard InChI is InChI=1S/C12H13BrFNOS/c1-8-6-9(13)7-10(11(8)14)12(16)15-2-4-17-5-3-15/h6-7H,2-5H2,1H3. The van der Waals surface area contributed by atoms with Crippen LogP contribution in [0.4, 0.5) is 4.39 Å². The van der Waals surface area contributed by atoms with Crippen molar-refractivity contribution in [1.82, 2.24) is 4.90 Å². The summed E-state index contributed by atoms with van der Waals surface area (Å²) in [4.78, 5) is 13.9. The Morgan fingerprint density at radius 1 is 1.41 bits per heavy atom. The van der Waals surface area contributed by atoms with Crippen LogP contribution in [0.5, 0.6) is 0 Å². The van der Waals surface area contributed by atoms with Gasteiger partial charge < -0.3 is 4.90 Å². The molecule has 0 radical (unpaired) electrons. The van der Waals surface area contributed by atoms with E-state index in [0.29, 0.717) is 18.7 Å². The lowest BCUT2D eigenvalue weighted by Crippen LogP contribution is -2.38. The number of hydrogen-bond acceptors (Lipinski definition) is 2. The first kappa shape index (κ1) is 12.9. The maximum atomic E-state index is 13.9. The average Bonchev–Trinajstić information content (AvgIpc) is 2.34. The van der Waals surface area contributed by atoms with Gasteiger partial charge in [-0.3, -0.25) is 4.79 Å². The Morgan fingerprint density at radius 2 is 2.06 bits per heavy atom. The molecule has 0 spiro atoms. The molecule has 1 amide bonds. The fraction of sp³-hybridized carbons (Fsp3) is 0.417. The SMILES string of the molecule is Cc1cc(Br)cc(C(=O)N2CCSCC2)c1F. The van der Waals surface area contributed by atoms with Crippen molar-refractivity contribution < 1.29 is 9.18 Å². The quantitative estimate of drug-likeness (QED) is 0.793. The Labute approximate surface area is 113 Å². The Bertz CT molecular complexity index is 446. The van der Waals surface area contributed by atoms with Crippen molar-refractivity contribution in [2.75, 3.05) is 24.6 Å². The van der Waals surface area contributed by atoms with Crippen LogP contribution in [0.1, 0.15) is 15.9 Å². The first-order chi connectivity index (χ1) is 8.09. The normalized spacial score (nSPS) is 16.1. The molecule has 5 heteroatoms. The van der Waals surface area contributed by atoms with Crippen molar-refractivity contribution in [1.29, 1.82) is 0 Å². The first-order valence-corrected chi connectivity index (χ1v) is 7.37. The second-order valence-corrected chi connectivity index (χ2v) is 6.13. The third kappa shape index (κ3) is 2.83. The lowest BCUT2D eigenvalue weighted by molar-refractivity contribution is 0.0767. The van der Waals surface area contributed by atoms with Crippen molar-refractivity contribution >= 4 is 33.6 Å². The molecule has 0 saturated carbocycles. The number of thioether (sulfide) groups is 1. The molecule has 2 rings (SSSR count). The fourth-order valence-corrected chi connectivity index (χ4v) is 3.29. The number of benzene rings is 1. The lowest BCUT2D eigenvalue weighted by atomic mass is 10.1. The smallest absolute Gasteiger partial charge is 0.256 e. The zero-order chi connectivity index (χ0) is 12.4. The van der Waals surface area contributed by atoms with Crippen LogP contribution in [0.15, 0.2) is 16.6 Å². The third-order valence-electron chi connectivity index (χ3n) is 2.75. The van der Waals surface area contributed by atoms with E-state index in [4.69, 9.17) is 0 Å². The highest BCUT2D eigenvalue weighted by molar-refractivity contribution is 9.10. The van der Waals surface area contributed by atoms with Crippen molar-refractivity contribution in [2.24, 2.45) is 0 Å². The van der Waals surface area contributed by atoms with E-state index < -0.39 is 5.82 Å². The molecule has 1 aliphatic heterocycles. The summed E-state index contributed by atoms with van der Waals surface area (Å²) in [6.07, 6.45) is 0. The highest BCUT2D eigenvalue weighted by Gasteiger charge is 2.22. The summed E-state index contributed by atoms with van der Waals surface area (Å²) < 4.78 is 14.7. The molecule has 0 N–H and O–H groups in total. The number of rotatable bonds is 1. The van der Waals surface area contributed by atoms with Gasteiger partial charge in [-0.15, -0.1) is 0 Å². The minimum atomic E-state index is -0.406. The van der Waals surface area contributed by atoms with Gasteiger partial charge in [0.15, 0.2) is 0 Å². The van der Waals surface area contributed by atoms with Crippen LogP contribution in [-0.4, -0.2) is 35.4 Å². The zero-order valence-electron chi connectivity index (χ0n) is 9.50. The van der Waals surface area contributed by atoms with Gasteiger partial charge in [0.1, 0.15) is 5.82 Å². The van der Waals surface area contributed by atoms with Gasteiger partial charge in [-0.2, -0.15) is 11.8 Å². The van der Waals surface area contributed by atoms with Gasteiger partial charge in [0.2, 0.25) is 0 Å². The Kier molecular flexibility index (Phi) is 4.09. The molecule has 0 atom stereocenters. The molecule has 1 aromatic rings. The largest absolute Gasteiger partial charge is 0.337 e. The van der Waals surface area contributed by atoms with Gasteiger partial charge in [-0.1, -0.05) is 15.9 Å². The molecule has 1 heterocycles. The van der Waals surface area contributed by atoms with Gasteiger partial charge in [0.05, 0.1) is 5.56 Å². The maximum Gasteiger partial charge on any atom is 0.256 e. The van der Waals surface area contributed by atoms with Crippen molar-refractivity contribution in [3.8, 4) is 0 Å². The van der Waals surface area contributed by atoms with Crippen LogP contribution in [0.25, 0.3) is 0 Å². The van der Waals surface area contributed by atoms with E-state index in [9.17, 15) is 9.18 Å².